The van der Waals surface area contributed by atoms with Crippen LogP contribution in [-0.4, -0.2) is 12.6 Å². The van der Waals surface area contributed by atoms with Crippen molar-refractivity contribution in [1.29, 1.82) is 0 Å². The third kappa shape index (κ3) is 2.38. The number of carbonyl (C=O) groups excluding carboxylic acids is 1. The topological polar surface area (TPSA) is 26.3 Å². The molecule has 1 saturated carbocycles. The standard InChI is InChI=1S/C16H24O2/c1-11(2)15(17)18-9-5-6-12-7-8-13-10-14(12)16(13,3)4/h7,13-14H,1,5-6,8-10H2,2-4H3. The number of ether oxygens (including phenoxy) is 1. The maximum Gasteiger partial charge on any atom is 0.333 e. The molecule has 0 amide bonds. The van der Waals surface area contributed by atoms with Gasteiger partial charge in [-0.25, -0.2) is 4.79 Å². The van der Waals surface area contributed by atoms with Gasteiger partial charge in [-0.2, -0.15) is 0 Å². The van der Waals surface area contributed by atoms with Crippen LogP contribution in [0.25, 0.3) is 0 Å². The van der Waals surface area contributed by atoms with Gasteiger partial charge in [0.05, 0.1) is 6.61 Å². The minimum atomic E-state index is -0.267. The summed E-state index contributed by atoms with van der Waals surface area (Å²) in [6.07, 6.45) is 7.03. The van der Waals surface area contributed by atoms with Gasteiger partial charge in [-0.15, -0.1) is 0 Å². The lowest BCUT2D eigenvalue weighted by molar-refractivity contribution is -0.139. The highest BCUT2D eigenvalue weighted by Crippen LogP contribution is 2.59. The predicted molar refractivity (Wildman–Crippen MR) is 73.1 cm³/mol. The molecule has 3 rings (SSSR count). The van der Waals surface area contributed by atoms with E-state index in [2.05, 4.69) is 26.5 Å². The molecule has 0 aromatic carbocycles. The fourth-order valence-electron chi connectivity index (χ4n) is 3.32. The van der Waals surface area contributed by atoms with E-state index in [1.165, 1.54) is 12.8 Å². The van der Waals surface area contributed by atoms with E-state index in [0.29, 0.717) is 17.6 Å². The fourth-order valence-corrected chi connectivity index (χ4v) is 3.32. The molecule has 2 nitrogen and oxygen atoms in total. The fraction of sp³-hybridized carbons (Fsp3) is 0.688. The van der Waals surface area contributed by atoms with Crippen LogP contribution in [0.15, 0.2) is 23.8 Å². The van der Waals surface area contributed by atoms with E-state index < -0.39 is 0 Å². The Morgan fingerprint density at radius 1 is 1.56 bits per heavy atom. The number of hydrogen-bond donors (Lipinski definition) is 0. The molecule has 0 radical (unpaired) electrons. The van der Waals surface area contributed by atoms with E-state index in [-0.39, 0.29) is 5.97 Å². The van der Waals surface area contributed by atoms with E-state index in [4.69, 9.17) is 4.74 Å². The zero-order valence-electron chi connectivity index (χ0n) is 11.8. The van der Waals surface area contributed by atoms with E-state index in [0.717, 1.165) is 24.7 Å². The zero-order chi connectivity index (χ0) is 13.3. The second-order valence-electron chi connectivity index (χ2n) is 6.34. The highest BCUT2D eigenvalue weighted by molar-refractivity contribution is 5.86. The number of allylic oxidation sites excluding steroid dienone is 2. The van der Waals surface area contributed by atoms with Gasteiger partial charge in [0.1, 0.15) is 0 Å². The van der Waals surface area contributed by atoms with Crippen molar-refractivity contribution in [1.82, 2.24) is 0 Å². The number of hydrogen-bond acceptors (Lipinski definition) is 2. The summed E-state index contributed by atoms with van der Waals surface area (Å²) in [4.78, 5) is 11.2. The van der Waals surface area contributed by atoms with Crippen LogP contribution >= 0.6 is 0 Å². The molecule has 1 fully saturated rings. The molecular weight excluding hydrogens is 224 g/mol. The summed E-state index contributed by atoms with van der Waals surface area (Å²) in [5.41, 5.74) is 2.57. The first-order chi connectivity index (χ1) is 8.43. The molecule has 0 N–H and O–H groups in total. The maximum absolute atomic E-state index is 11.2. The summed E-state index contributed by atoms with van der Waals surface area (Å²) < 4.78 is 5.13. The van der Waals surface area contributed by atoms with Crippen LogP contribution in [0.4, 0.5) is 0 Å². The monoisotopic (exact) mass is 248 g/mol. The molecule has 0 heterocycles. The number of carbonyl (C=O) groups is 1. The predicted octanol–water partition coefficient (Wildman–Crippen LogP) is 3.88. The second kappa shape index (κ2) is 4.91. The van der Waals surface area contributed by atoms with Crippen LogP contribution in [0.5, 0.6) is 0 Å². The summed E-state index contributed by atoms with van der Waals surface area (Å²) in [5, 5.41) is 0. The van der Waals surface area contributed by atoms with Crippen molar-refractivity contribution in [2.24, 2.45) is 17.3 Å². The summed E-state index contributed by atoms with van der Waals surface area (Å²) >= 11 is 0. The number of fused-ring (bicyclic) bond motifs is 1. The molecule has 100 valence electrons. The van der Waals surface area contributed by atoms with E-state index in [1.807, 2.05) is 0 Å². The van der Waals surface area contributed by atoms with Crippen molar-refractivity contribution < 1.29 is 9.53 Å². The lowest BCUT2D eigenvalue weighted by Crippen LogP contribution is -2.48. The van der Waals surface area contributed by atoms with Gasteiger partial charge in [0.2, 0.25) is 0 Å². The Bertz CT molecular complexity index is 390. The Labute approximate surface area is 110 Å². The Balaban J connectivity index is 1.74. The van der Waals surface area contributed by atoms with Crippen LogP contribution in [0, 0.1) is 17.3 Å². The van der Waals surface area contributed by atoms with Crippen LogP contribution < -0.4 is 0 Å². The SMILES string of the molecule is C=C(C)C(=O)OCCCC1=CCC2CC1C2(C)C. The quantitative estimate of drug-likeness (QED) is 0.319. The molecule has 18 heavy (non-hydrogen) atoms. The highest BCUT2D eigenvalue weighted by atomic mass is 16.5. The van der Waals surface area contributed by atoms with Crippen LogP contribution in [0.2, 0.25) is 0 Å². The molecule has 0 aromatic rings. The third-order valence-electron chi connectivity index (χ3n) is 4.77. The highest BCUT2D eigenvalue weighted by Gasteiger charge is 2.50. The molecule has 0 spiro atoms. The first-order valence-electron chi connectivity index (χ1n) is 6.94. The molecule has 2 atom stereocenters. The Morgan fingerprint density at radius 3 is 2.83 bits per heavy atom. The van der Waals surface area contributed by atoms with Crippen molar-refractivity contribution in [3.05, 3.63) is 23.8 Å². The Kier molecular flexibility index (Phi) is 3.65. The normalized spacial score (nSPS) is 28.1. The van der Waals surface area contributed by atoms with E-state index in [1.54, 1.807) is 12.5 Å². The van der Waals surface area contributed by atoms with Gasteiger partial charge in [0.25, 0.3) is 0 Å². The second-order valence-corrected chi connectivity index (χ2v) is 6.34. The largest absolute Gasteiger partial charge is 0.462 e. The lowest BCUT2D eigenvalue weighted by Gasteiger charge is -2.56. The molecule has 0 aromatic heterocycles. The average molecular weight is 248 g/mol. The minimum absolute atomic E-state index is 0.267. The van der Waals surface area contributed by atoms with Gasteiger partial charge >= 0.3 is 5.97 Å². The molecular formula is C16H24O2. The van der Waals surface area contributed by atoms with E-state index in [9.17, 15) is 4.79 Å². The molecule has 3 aliphatic carbocycles. The molecule has 2 bridgehead atoms. The van der Waals surface area contributed by atoms with Crippen LogP contribution in [-0.2, 0) is 9.53 Å². The number of esters is 1. The Hall–Kier alpha value is -1.05. The molecule has 0 saturated heterocycles. The number of rotatable bonds is 5. The van der Waals surface area contributed by atoms with Gasteiger partial charge in [-0.3, -0.25) is 0 Å². The molecule has 2 unspecified atom stereocenters. The molecule has 3 aliphatic rings. The van der Waals surface area contributed by atoms with Crippen LogP contribution in [0.1, 0.15) is 46.5 Å². The minimum Gasteiger partial charge on any atom is -0.462 e. The van der Waals surface area contributed by atoms with Crippen molar-refractivity contribution in [3.8, 4) is 0 Å². The first-order valence-corrected chi connectivity index (χ1v) is 6.94. The Morgan fingerprint density at radius 2 is 2.28 bits per heavy atom. The first kappa shape index (κ1) is 13.4. The third-order valence-corrected chi connectivity index (χ3v) is 4.77. The van der Waals surface area contributed by atoms with Gasteiger partial charge < -0.3 is 4.74 Å². The molecule has 2 heteroatoms. The molecule has 0 aliphatic heterocycles. The lowest BCUT2D eigenvalue weighted by atomic mass is 9.48. The van der Waals surface area contributed by atoms with Gasteiger partial charge in [0.15, 0.2) is 0 Å². The zero-order valence-corrected chi connectivity index (χ0v) is 11.8. The van der Waals surface area contributed by atoms with Crippen LogP contribution in [0.3, 0.4) is 0 Å². The maximum atomic E-state index is 11.2. The van der Waals surface area contributed by atoms with Gasteiger partial charge in [-0.05, 0) is 49.9 Å². The van der Waals surface area contributed by atoms with Gasteiger partial charge in [0, 0.05) is 5.57 Å². The summed E-state index contributed by atoms with van der Waals surface area (Å²) in [6, 6.07) is 0. The van der Waals surface area contributed by atoms with Crippen molar-refractivity contribution >= 4 is 5.97 Å². The average Bonchev–Trinajstić information content (AvgIpc) is 2.34. The van der Waals surface area contributed by atoms with Crippen molar-refractivity contribution in [3.63, 3.8) is 0 Å². The smallest absolute Gasteiger partial charge is 0.333 e. The van der Waals surface area contributed by atoms with Crippen molar-refractivity contribution in [2.75, 3.05) is 6.61 Å². The van der Waals surface area contributed by atoms with Gasteiger partial charge in [-0.1, -0.05) is 32.1 Å². The summed E-state index contributed by atoms with van der Waals surface area (Å²) in [7, 11) is 0. The van der Waals surface area contributed by atoms with E-state index >= 15 is 0 Å². The van der Waals surface area contributed by atoms with Crippen molar-refractivity contribution in [2.45, 2.75) is 46.5 Å². The summed E-state index contributed by atoms with van der Waals surface area (Å²) in [5.74, 6) is 1.40. The summed E-state index contributed by atoms with van der Waals surface area (Å²) in [6.45, 7) is 10.5.